The number of aliphatic hydroxyl groups excluding tert-OH is 1. The number of ether oxygens (including phenoxy) is 1. The maximum atomic E-state index is 14.8. The van der Waals surface area contributed by atoms with Gasteiger partial charge in [0.25, 0.3) is 5.91 Å². The molecule has 0 aliphatic rings. The number of hydrogen-bond acceptors (Lipinski definition) is 5. The number of pyridine rings is 1. The van der Waals surface area contributed by atoms with E-state index in [0.717, 1.165) is 0 Å². The van der Waals surface area contributed by atoms with Crippen molar-refractivity contribution in [2.75, 3.05) is 13.7 Å². The van der Waals surface area contributed by atoms with E-state index < -0.39 is 23.6 Å². The minimum Gasteiger partial charge on any atom is -0.495 e. The molecule has 1 atom stereocenters. The summed E-state index contributed by atoms with van der Waals surface area (Å²) in [5.74, 6) is -1.16. The maximum Gasteiger partial charge on any atom is 0.252 e. The number of halogens is 2. The number of allylic oxidation sites excluding steroid dienone is 1. The molecule has 35 heavy (non-hydrogen) atoms. The molecule has 182 valence electrons. The van der Waals surface area contributed by atoms with Crippen LogP contribution in [0.15, 0.2) is 66.9 Å². The molecule has 3 rings (SSSR count). The first-order chi connectivity index (χ1) is 16.8. The van der Waals surface area contributed by atoms with Crippen LogP contribution < -0.4 is 21.2 Å². The average molecular weight is 482 g/mol. The molecular weight excluding hydrogens is 454 g/mol. The Hall–Kier alpha value is -4.11. The lowest BCUT2D eigenvalue weighted by Crippen LogP contribution is -2.43. The van der Waals surface area contributed by atoms with Crippen LogP contribution in [0.3, 0.4) is 0 Å². The van der Waals surface area contributed by atoms with Gasteiger partial charge in [-0.1, -0.05) is 18.2 Å². The number of carbonyl (C=O) groups excluding carboxylic acids is 1. The van der Waals surface area contributed by atoms with E-state index in [-0.39, 0.29) is 42.0 Å². The molecule has 0 aliphatic carbocycles. The Balaban J connectivity index is 1.87. The van der Waals surface area contributed by atoms with Crippen molar-refractivity contribution in [3.63, 3.8) is 0 Å². The van der Waals surface area contributed by atoms with E-state index in [1.165, 1.54) is 55.7 Å². The summed E-state index contributed by atoms with van der Waals surface area (Å²) in [4.78, 5) is 17.5. The van der Waals surface area contributed by atoms with Gasteiger partial charge in [-0.25, -0.2) is 8.78 Å². The number of rotatable bonds is 10. The summed E-state index contributed by atoms with van der Waals surface area (Å²) < 4.78 is 33.3. The van der Waals surface area contributed by atoms with E-state index in [1.807, 2.05) is 0 Å². The highest BCUT2D eigenvalue weighted by molar-refractivity contribution is 6.14. The van der Waals surface area contributed by atoms with E-state index in [0.29, 0.717) is 17.0 Å². The van der Waals surface area contributed by atoms with Crippen molar-refractivity contribution in [3.05, 3.63) is 101 Å². The Labute approximate surface area is 201 Å². The molecule has 0 unspecified atom stereocenters. The number of hydrogen-bond donors (Lipinski definition) is 4. The van der Waals surface area contributed by atoms with Crippen molar-refractivity contribution >= 4 is 17.3 Å². The molecule has 1 amide bonds. The number of nitrogens with one attached hydrogen (secondary N) is 1. The lowest BCUT2D eigenvalue weighted by molar-refractivity contribution is -0.111. The van der Waals surface area contributed by atoms with E-state index in [4.69, 9.17) is 15.9 Å². The number of nitrogens with two attached hydrogens (primary N) is 2. The summed E-state index contributed by atoms with van der Waals surface area (Å²) in [5.41, 5.74) is 7.15. The maximum absolute atomic E-state index is 14.8. The first kappa shape index (κ1) is 25.5. The minimum absolute atomic E-state index is 0.00146. The predicted octanol–water partition coefficient (Wildman–Crippen LogP) is 1.64. The molecule has 7 nitrogen and oxygen atoms in total. The number of aliphatic hydroxyl groups is 1. The topological polar surface area (TPSA) is 123 Å². The molecule has 0 radical (unpaired) electrons. The third-order valence-electron chi connectivity index (χ3n) is 5.36. The number of nitrogens with zero attached hydrogens (tertiary/aromatic N) is 1. The van der Waals surface area contributed by atoms with Gasteiger partial charge in [-0.2, -0.15) is 0 Å². The highest BCUT2D eigenvalue weighted by Crippen LogP contribution is 2.20. The summed E-state index contributed by atoms with van der Waals surface area (Å²) >= 11 is 0. The molecule has 6 N–H and O–H groups in total. The fourth-order valence-electron chi connectivity index (χ4n) is 3.61. The standard InChI is InChI=1S/C26H26F2N4O3/c1-35-24-6-3-12-31-23(24)14-18(11-13-33)32-26(34)19-4-2-5-20(28)25(19)22(30)15-21(29)16-7-9-17(27)10-8-16/h2-10,12,15,18,30,33H,11,13-14,29H2,1H3,(H,32,34)/p+1/b21-15-,30-22?/t18-/m0/s1. The van der Waals surface area contributed by atoms with Crippen LogP contribution in [0.5, 0.6) is 5.75 Å². The molecule has 0 bridgehead atoms. The van der Waals surface area contributed by atoms with Crippen molar-refractivity contribution in [1.82, 2.24) is 10.3 Å². The Bertz CT molecular complexity index is 1230. The predicted molar refractivity (Wildman–Crippen MR) is 128 cm³/mol. The smallest absolute Gasteiger partial charge is 0.252 e. The second-order valence-corrected chi connectivity index (χ2v) is 7.76. The zero-order chi connectivity index (χ0) is 25.4. The monoisotopic (exact) mass is 481 g/mol. The zero-order valence-corrected chi connectivity index (χ0v) is 19.2. The van der Waals surface area contributed by atoms with Gasteiger partial charge in [0.15, 0.2) is 0 Å². The normalized spacial score (nSPS) is 12.2. The van der Waals surface area contributed by atoms with Crippen molar-refractivity contribution in [2.24, 2.45) is 5.73 Å². The molecule has 0 saturated carbocycles. The van der Waals surface area contributed by atoms with Gasteiger partial charge in [-0.3, -0.25) is 15.2 Å². The Morgan fingerprint density at radius 3 is 2.63 bits per heavy atom. The molecule has 2 aromatic carbocycles. The van der Waals surface area contributed by atoms with Crippen LogP contribution in [0.1, 0.15) is 33.6 Å². The third kappa shape index (κ3) is 6.48. The number of aromatic nitrogens is 1. The zero-order valence-electron chi connectivity index (χ0n) is 19.2. The number of benzene rings is 2. The van der Waals surface area contributed by atoms with Crippen LogP contribution in [0.2, 0.25) is 0 Å². The highest BCUT2D eigenvalue weighted by Gasteiger charge is 2.24. The number of carbonyl (C=O) groups is 1. The molecule has 0 spiro atoms. The molecule has 0 saturated heterocycles. The summed E-state index contributed by atoms with van der Waals surface area (Å²) in [6.07, 6.45) is 3.46. The van der Waals surface area contributed by atoms with Gasteiger partial charge in [0.05, 0.1) is 23.9 Å². The fraction of sp³-hybridized carbons (Fsp3) is 0.192. The first-order valence-electron chi connectivity index (χ1n) is 10.9. The second-order valence-electron chi connectivity index (χ2n) is 7.76. The molecule has 0 fully saturated rings. The quantitative estimate of drug-likeness (QED) is 0.328. The molecule has 9 heteroatoms. The van der Waals surface area contributed by atoms with E-state index >= 15 is 0 Å². The van der Waals surface area contributed by atoms with Crippen molar-refractivity contribution in [3.8, 4) is 5.75 Å². The average Bonchev–Trinajstić information content (AvgIpc) is 2.84. The lowest BCUT2D eigenvalue weighted by atomic mass is 9.98. The lowest BCUT2D eigenvalue weighted by Gasteiger charge is -2.19. The van der Waals surface area contributed by atoms with Crippen molar-refractivity contribution in [2.45, 2.75) is 18.9 Å². The van der Waals surface area contributed by atoms with Crippen LogP contribution >= 0.6 is 0 Å². The summed E-state index contributed by atoms with van der Waals surface area (Å²) in [6, 6.07) is 12.4. The second kappa shape index (κ2) is 11.8. The van der Waals surface area contributed by atoms with Crippen LogP contribution in [0.25, 0.3) is 5.70 Å². The van der Waals surface area contributed by atoms with Gasteiger partial charge >= 0.3 is 0 Å². The molecule has 1 heterocycles. The Morgan fingerprint density at radius 1 is 1.20 bits per heavy atom. The molecule has 3 aromatic rings. The first-order valence-corrected chi connectivity index (χ1v) is 10.9. The third-order valence-corrected chi connectivity index (χ3v) is 5.36. The molecule has 0 aliphatic heterocycles. The van der Waals surface area contributed by atoms with Gasteiger partial charge in [0, 0.05) is 37.0 Å². The van der Waals surface area contributed by atoms with Crippen LogP contribution in [-0.4, -0.2) is 41.5 Å². The molecule has 1 aromatic heterocycles. The Kier molecular flexibility index (Phi) is 8.63. The highest BCUT2D eigenvalue weighted by atomic mass is 19.1. The van der Waals surface area contributed by atoms with Crippen LogP contribution in [0.4, 0.5) is 8.78 Å². The largest absolute Gasteiger partial charge is 0.495 e. The fourth-order valence-corrected chi connectivity index (χ4v) is 3.61. The minimum atomic E-state index is -0.705. The van der Waals surface area contributed by atoms with Crippen LogP contribution in [0, 0.1) is 11.6 Å². The summed E-state index contributed by atoms with van der Waals surface area (Å²) in [7, 11) is 1.52. The van der Waals surface area contributed by atoms with Crippen molar-refractivity contribution < 1.29 is 28.8 Å². The van der Waals surface area contributed by atoms with Gasteiger partial charge < -0.3 is 20.9 Å². The SMILES string of the molecule is COc1cccnc1C[C@H](CCO)NC(=O)c1cccc(F)c1C(=[NH2+])/C=C(\N)c1ccc(F)cc1. The summed E-state index contributed by atoms with van der Waals surface area (Å²) in [5, 5.41) is 18.5. The number of methoxy groups -OCH3 is 1. The Morgan fingerprint density at radius 2 is 1.94 bits per heavy atom. The van der Waals surface area contributed by atoms with E-state index in [2.05, 4.69) is 10.3 Å². The van der Waals surface area contributed by atoms with Gasteiger partial charge in [0.1, 0.15) is 17.4 Å². The van der Waals surface area contributed by atoms with E-state index in [1.54, 1.807) is 18.3 Å². The van der Waals surface area contributed by atoms with Gasteiger partial charge in [-0.05, 0) is 48.4 Å². The van der Waals surface area contributed by atoms with Gasteiger partial charge in [0.2, 0.25) is 5.71 Å². The van der Waals surface area contributed by atoms with E-state index in [9.17, 15) is 18.7 Å². The molecular formula is C26H27F2N4O3+. The van der Waals surface area contributed by atoms with Crippen LogP contribution in [-0.2, 0) is 6.42 Å². The van der Waals surface area contributed by atoms with Gasteiger partial charge in [-0.15, -0.1) is 0 Å². The number of amides is 1. The van der Waals surface area contributed by atoms with Crippen molar-refractivity contribution in [1.29, 1.82) is 0 Å². The summed E-state index contributed by atoms with van der Waals surface area (Å²) in [6.45, 7) is -0.179.